The number of halogens is 1. The first-order valence-corrected chi connectivity index (χ1v) is 6.04. The summed E-state index contributed by atoms with van der Waals surface area (Å²) in [5.41, 5.74) is 8.97. The van der Waals surface area contributed by atoms with Crippen LogP contribution in [0.15, 0.2) is 28.9 Å². The van der Waals surface area contributed by atoms with E-state index in [1.807, 2.05) is 12.1 Å². The fraction of sp³-hybridized carbons (Fsp3) is 0.308. The molecule has 2 nitrogen and oxygen atoms in total. The van der Waals surface area contributed by atoms with E-state index in [2.05, 4.69) is 47.8 Å². The van der Waals surface area contributed by atoms with Crippen LogP contribution < -0.4 is 5.73 Å². The predicted molar refractivity (Wildman–Crippen MR) is 72.6 cm³/mol. The number of nitrogens with two attached hydrogens (primary N) is 1. The Balaban J connectivity index is 2.91. The van der Waals surface area contributed by atoms with Crippen LogP contribution in [0.5, 0.6) is 0 Å². The maximum absolute atomic E-state index is 6.05. The summed E-state index contributed by atoms with van der Waals surface area (Å²) in [4.78, 5) is 4.38. The molecular weight excluding hydrogens is 264 g/mol. The van der Waals surface area contributed by atoms with Crippen LogP contribution in [0, 0.1) is 0 Å². The Hall–Kier alpha value is -1.09. The first-order chi connectivity index (χ1) is 7.41. The van der Waals surface area contributed by atoms with E-state index in [1.165, 1.54) is 5.56 Å². The third-order valence-electron chi connectivity index (χ3n) is 2.63. The Labute approximate surface area is 104 Å². The van der Waals surface area contributed by atoms with Gasteiger partial charge in [-0.05, 0) is 33.0 Å². The van der Waals surface area contributed by atoms with Gasteiger partial charge in [0.2, 0.25) is 0 Å². The molecule has 1 aromatic carbocycles. The molecule has 3 heteroatoms. The van der Waals surface area contributed by atoms with Crippen LogP contribution in [0.2, 0.25) is 0 Å². The average Bonchev–Trinajstić information content (AvgIpc) is 2.15. The van der Waals surface area contributed by atoms with Gasteiger partial charge in [0.25, 0.3) is 0 Å². The third-order valence-corrected chi connectivity index (χ3v) is 3.27. The van der Waals surface area contributed by atoms with Gasteiger partial charge in [-0.25, -0.2) is 0 Å². The molecule has 0 spiro atoms. The minimum absolute atomic E-state index is 0.0199. The Bertz CT molecular complexity index is 541. The highest BCUT2D eigenvalue weighted by atomic mass is 79.9. The number of aromatic nitrogens is 1. The quantitative estimate of drug-likeness (QED) is 0.794. The third kappa shape index (κ3) is 1.80. The molecule has 0 aliphatic rings. The highest BCUT2D eigenvalue weighted by molar-refractivity contribution is 9.10. The molecule has 0 aliphatic carbocycles. The van der Waals surface area contributed by atoms with Crippen molar-refractivity contribution in [1.29, 1.82) is 0 Å². The van der Waals surface area contributed by atoms with Crippen LogP contribution in [0.4, 0.5) is 5.69 Å². The van der Waals surface area contributed by atoms with Gasteiger partial charge in [-0.2, -0.15) is 0 Å². The number of nitrogens with zero attached hydrogens (tertiary/aromatic N) is 1. The fourth-order valence-electron chi connectivity index (χ4n) is 2.04. The van der Waals surface area contributed by atoms with Crippen molar-refractivity contribution in [1.82, 2.24) is 4.98 Å². The highest BCUT2D eigenvalue weighted by Gasteiger charge is 2.20. The smallest absolute Gasteiger partial charge is 0.0848 e. The zero-order valence-electron chi connectivity index (χ0n) is 9.71. The summed E-state index contributed by atoms with van der Waals surface area (Å²) in [5.74, 6) is 0. The number of nitrogen functional groups attached to an aromatic ring is 1. The van der Waals surface area contributed by atoms with E-state index < -0.39 is 0 Å². The zero-order chi connectivity index (χ0) is 11.9. The second-order valence-electron chi connectivity index (χ2n) is 4.97. The van der Waals surface area contributed by atoms with Crippen LogP contribution in [-0.4, -0.2) is 4.98 Å². The number of hydrogen-bond donors (Lipinski definition) is 1. The monoisotopic (exact) mass is 278 g/mol. The summed E-state index contributed by atoms with van der Waals surface area (Å²) < 4.78 is 1.01. The summed E-state index contributed by atoms with van der Waals surface area (Å²) in [6.07, 6.45) is 1.74. The number of hydrogen-bond acceptors (Lipinski definition) is 2. The van der Waals surface area contributed by atoms with Gasteiger partial charge in [0, 0.05) is 9.86 Å². The normalized spacial score (nSPS) is 12.0. The van der Waals surface area contributed by atoms with Crippen LogP contribution in [-0.2, 0) is 5.41 Å². The zero-order valence-corrected chi connectivity index (χ0v) is 11.3. The summed E-state index contributed by atoms with van der Waals surface area (Å²) in [6.45, 7) is 6.50. The molecule has 16 heavy (non-hydrogen) atoms. The van der Waals surface area contributed by atoms with Crippen LogP contribution in [0.3, 0.4) is 0 Å². The molecule has 0 amide bonds. The van der Waals surface area contributed by atoms with Gasteiger partial charge in [0.1, 0.15) is 0 Å². The molecule has 0 atom stereocenters. The Morgan fingerprint density at radius 3 is 2.56 bits per heavy atom. The van der Waals surface area contributed by atoms with E-state index in [0.29, 0.717) is 0 Å². The highest BCUT2D eigenvalue weighted by Crippen LogP contribution is 2.35. The van der Waals surface area contributed by atoms with E-state index >= 15 is 0 Å². The van der Waals surface area contributed by atoms with E-state index in [1.54, 1.807) is 6.20 Å². The molecule has 0 unspecified atom stereocenters. The summed E-state index contributed by atoms with van der Waals surface area (Å²) in [7, 11) is 0. The molecule has 0 saturated heterocycles. The summed E-state index contributed by atoms with van der Waals surface area (Å²) >= 11 is 3.52. The molecule has 0 fully saturated rings. The van der Waals surface area contributed by atoms with Gasteiger partial charge in [0.15, 0.2) is 0 Å². The van der Waals surface area contributed by atoms with Crippen molar-refractivity contribution < 1.29 is 0 Å². The lowest BCUT2D eigenvalue weighted by molar-refractivity contribution is 0.597. The number of para-hydroxylation sites is 1. The molecule has 2 aromatic rings. The molecule has 2 N–H and O–H groups in total. The Kier molecular flexibility index (Phi) is 2.66. The molecule has 0 radical (unpaired) electrons. The number of fused-ring (bicyclic) bond motifs is 1. The Morgan fingerprint density at radius 2 is 1.94 bits per heavy atom. The van der Waals surface area contributed by atoms with Crippen LogP contribution >= 0.6 is 15.9 Å². The van der Waals surface area contributed by atoms with Gasteiger partial charge in [0.05, 0.1) is 17.4 Å². The fourth-order valence-corrected chi connectivity index (χ4v) is 2.51. The summed E-state index contributed by atoms with van der Waals surface area (Å²) in [6, 6.07) is 6.09. The molecule has 2 rings (SSSR count). The van der Waals surface area contributed by atoms with Gasteiger partial charge in [-0.1, -0.05) is 32.9 Å². The van der Waals surface area contributed by atoms with Crippen molar-refractivity contribution in [3.8, 4) is 0 Å². The molecule has 0 bridgehead atoms. The maximum atomic E-state index is 6.05. The largest absolute Gasteiger partial charge is 0.397 e. The van der Waals surface area contributed by atoms with Crippen molar-refractivity contribution in [3.63, 3.8) is 0 Å². The van der Waals surface area contributed by atoms with E-state index in [9.17, 15) is 0 Å². The van der Waals surface area contributed by atoms with Gasteiger partial charge < -0.3 is 5.73 Å². The van der Waals surface area contributed by atoms with Crippen molar-refractivity contribution in [2.45, 2.75) is 26.2 Å². The second-order valence-corrected chi connectivity index (χ2v) is 5.83. The SMILES string of the molecule is CC(C)(C)c1c(N)cnc2c(Br)cccc12. The lowest BCUT2D eigenvalue weighted by Crippen LogP contribution is -2.15. The molecule has 84 valence electrons. The lowest BCUT2D eigenvalue weighted by atomic mass is 9.84. The summed E-state index contributed by atoms with van der Waals surface area (Å²) in [5, 5.41) is 1.13. The standard InChI is InChI=1S/C13H15BrN2/c1-13(2,3)11-8-5-4-6-9(14)12(8)16-7-10(11)15/h4-7H,15H2,1-3H3. The Morgan fingerprint density at radius 1 is 1.25 bits per heavy atom. The first-order valence-electron chi connectivity index (χ1n) is 5.24. The van der Waals surface area contributed by atoms with Crippen LogP contribution in [0.25, 0.3) is 10.9 Å². The molecular formula is C13H15BrN2. The van der Waals surface area contributed by atoms with E-state index in [0.717, 1.165) is 21.1 Å². The van der Waals surface area contributed by atoms with Gasteiger partial charge >= 0.3 is 0 Å². The molecule has 0 saturated carbocycles. The number of pyridine rings is 1. The second kappa shape index (κ2) is 3.74. The van der Waals surface area contributed by atoms with Crippen molar-refractivity contribution in [2.75, 3.05) is 5.73 Å². The van der Waals surface area contributed by atoms with E-state index in [4.69, 9.17) is 5.73 Å². The molecule has 0 aliphatic heterocycles. The van der Waals surface area contributed by atoms with Gasteiger partial charge in [-0.15, -0.1) is 0 Å². The average molecular weight is 279 g/mol. The number of benzene rings is 1. The van der Waals surface area contributed by atoms with Crippen molar-refractivity contribution >= 4 is 32.5 Å². The minimum atomic E-state index is 0.0199. The van der Waals surface area contributed by atoms with Crippen molar-refractivity contribution in [3.05, 3.63) is 34.4 Å². The molecule has 1 aromatic heterocycles. The first kappa shape index (κ1) is 11.4. The minimum Gasteiger partial charge on any atom is -0.397 e. The number of anilines is 1. The topological polar surface area (TPSA) is 38.9 Å². The number of rotatable bonds is 0. The van der Waals surface area contributed by atoms with Gasteiger partial charge in [-0.3, -0.25) is 4.98 Å². The van der Waals surface area contributed by atoms with Crippen molar-refractivity contribution in [2.24, 2.45) is 0 Å². The maximum Gasteiger partial charge on any atom is 0.0848 e. The predicted octanol–water partition coefficient (Wildman–Crippen LogP) is 3.88. The lowest BCUT2D eigenvalue weighted by Gasteiger charge is -2.23. The van der Waals surface area contributed by atoms with Crippen LogP contribution in [0.1, 0.15) is 26.3 Å². The molecule has 1 heterocycles. The van der Waals surface area contributed by atoms with E-state index in [-0.39, 0.29) is 5.41 Å².